The number of imide groups is 1. The predicted octanol–water partition coefficient (Wildman–Crippen LogP) is 3.01. The van der Waals surface area contributed by atoms with Crippen molar-refractivity contribution < 1.29 is 24.2 Å². The molecule has 4 rings (SSSR count). The summed E-state index contributed by atoms with van der Waals surface area (Å²) in [6, 6.07) is 10.5. The molecule has 0 N–H and O–H groups in total. The van der Waals surface area contributed by atoms with Crippen LogP contribution in [0.1, 0.15) is 28.8 Å². The van der Waals surface area contributed by atoms with Crippen molar-refractivity contribution in [2.75, 3.05) is 0 Å². The molecule has 3 amide bonds. The van der Waals surface area contributed by atoms with E-state index in [1.165, 1.54) is 42.5 Å². The number of amides is 3. The third-order valence-electron chi connectivity index (χ3n) is 5.77. The lowest BCUT2D eigenvalue weighted by Crippen LogP contribution is -2.49. The van der Waals surface area contributed by atoms with Crippen molar-refractivity contribution in [2.24, 2.45) is 11.8 Å². The Hall–Kier alpha value is -4.41. The molecule has 1 saturated heterocycles. The summed E-state index contributed by atoms with van der Waals surface area (Å²) >= 11 is 0. The predicted molar refractivity (Wildman–Crippen MR) is 113 cm³/mol. The number of carbonyl (C=O) groups excluding carboxylic acids is 3. The summed E-state index contributed by atoms with van der Waals surface area (Å²) in [5.41, 5.74) is -0.505. The maximum Gasteiger partial charge on any atom is 0.282 e. The molecule has 0 spiro atoms. The van der Waals surface area contributed by atoms with Crippen molar-refractivity contribution in [3.05, 3.63) is 92.0 Å². The van der Waals surface area contributed by atoms with Gasteiger partial charge in [0.1, 0.15) is 5.56 Å². The first-order valence-electron chi connectivity index (χ1n) is 10.1. The van der Waals surface area contributed by atoms with Gasteiger partial charge in [-0.15, -0.1) is 0 Å². The number of carbonyl (C=O) groups is 3. The molecule has 1 aliphatic heterocycles. The van der Waals surface area contributed by atoms with Crippen molar-refractivity contribution in [3.8, 4) is 0 Å². The molecule has 11 nitrogen and oxygen atoms in total. The molecule has 2 aromatic rings. The largest absolute Gasteiger partial charge is 0.282 e. The number of hydrogen-bond donors (Lipinski definition) is 0. The van der Waals surface area contributed by atoms with E-state index in [-0.39, 0.29) is 17.8 Å². The zero-order valence-electron chi connectivity index (χ0n) is 17.2. The molecule has 2 aromatic carbocycles. The highest BCUT2D eigenvalue weighted by Gasteiger charge is 2.51. The number of nitro groups is 2. The van der Waals surface area contributed by atoms with Gasteiger partial charge in [0.25, 0.3) is 29.1 Å². The van der Waals surface area contributed by atoms with Gasteiger partial charge in [-0.05, 0) is 24.5 Å². The third-order valence-corrected chi connectivity index (χ3v) is 5.77. The lowest BCUT2D eigenvalue weighted by Gasteiger charge is -2.30. The maximum absolute atomic E-state index is 13.5. The van der Waals surface area contributed by atoms with Crippen molar-refractivity contribution in [1.29, 1.82) is 0 Å². The van der Waals surface area contributed by atoms with E-state index in [0.29, 0.717) is 18.4 Å². The number of nitrogens with zero attached hydrogens (tertiary/aromatic N) is 4. The van der Waals surface area contributed by atoms with E-state index in [9.17, 15) is 34.6 Å². The highest BCUT2D eigenvalue weighted by molar-refractivity contribution is 6.08. The van der Waals surface area contributed by atoms with Crippen LogP contribution in [-0.2, 0) is 16.1 Å². The van der Waals surface area contributed by atoms with Gasteiger partial charge in [0.15, 0.2) is 0 Å². The van der Waals surface area contributed by atoms with Crippen LogP contribution in [0, 0.1) is 32.1 Å². The monoisotopic (exact) mass is 450 g/mol. The number of fused-ring (bicyclic) bond motifs is 1. The van der Waals surface area contributed by atoms with Crippen LogP contribution < -0.4 is 0 Å². The summed E-state index contributed by atoms with van der Waals surface area (Å²) in [5, 5.41) is 24.1. The van der Waals surface area contributed by atoms with Gasteiger partial charge in [-0.2, -0.15) is 5.01 Å². The first-order valence-corrected chi connectivity index (χ1v) is 10.1. The molecule has 0 aromatic heterocycles. The molecule has 33 heavy (non-hydrogen) atoms. The average molecular weight is 450 g/mol. The first-order chi connectivity index (χ1) is 15.8. The van der Waals surface area contributed by atoms with Crippen molar-refractivity contribution in [2.45, 2.75) is 19.4 Å². The Balaban J connectivity index is 1.75. The van der Waals surface area contributed by atoms with Gasteiger partial charge in [0, 0.05) is 18.2 Å². The van der Waals surface area contributed by atoms with Crippen molar-refractivity contribution >= 4 is 29.1 Å². The molecule has 11 heteroatoms. The van der Waals surface area contributed by atoms with E-state index in [1.54, 1.807) is 12.2 Å². The Labute approximate surface area is 187 Å². The molecule has 1 fully saturated rings. The Kier molecular flexibility index (Phi) is 5.69. The molecule has 1 aliphatic carbocycles. The van der Waals surface area contributed by atoms with E-state index in [2.05, 4.69) is 0 Å². The smallest absolute Gasteiger partial charge is 0.272 e. The summed E-state index contributed by atoms with van der Waals surface area (Å²) in [6.45, 7) is -0.284. The van der Waals surface area contributed by atoms with E-state index in [0.717, 1.165) is 16.1 Å². The van der Waals surface area contributed by atoms with E-state index in [4.69, 9.17) is 0 Å². The van der Waals surface area contributed by atoms with Gasteiger partial charge in [0.2, 0.25) is 0 Å². The SMILES string of the molecule is O=C(c1ccccc1[N+](=O)[O-])N(Cc1ccc([N+](=O)[O-])cc1)N1C(=O)[C@H]2CC=CC[C@H]2C1=O. The molecule has 0 saturated carbocycles. The summed E-state index contributed by atoms with van der Waals surface area (Å²) in [5.74, 6) is -3.22. The summed E-state index contributed by atoms with van der Waals surface area (Å²) < 4.78 is 0. The van der Waals surface area contributed by atoms with Gasteiger partial charge >= 0.3 is 0 Å². The standard InChI is InChI=1S/C22H18N4O7/c27-20(18-7-3-4-8-19(18)26(32)33)23(13-14-9-11-15(12-10-14)25(30)31)24-21(28)16-5-1-2-6-17(16)22(24)29/h1-4,7-12,16-17H,5-6,13H2/t16-,17+. The number of rotatable bonds is 6. The van der Waals surface area contributed by atoms with Crippen LogP contribution >= 0.6 is 0 Å². The van der Waals surface area contributed by atoms with Crippen molar-refractivity contribution in [1.82, 2.24) is 10.0 Å². The van der Waals surface area contributed by atoms with E-state index in [1.807, 2.05) is 0 Å². The number of non-ortho nitro benzene ring substituents is 1. The molecule has 168 valence electrons. The molecular formula is C22H18N4O7. The molecule has 2 atom stereocenters. The normalized spacial score (nSPS) is 19.3. The highest BCUT2D eigenvalue weighted by atomic mass is 16.6. The van der Waals surface area contributed by atoms with E-state index < -0.39 is 45.1 Å². The minimum absolute atomic E-state index is 0.166. The van der Waals surface area contributed by atoms with Crippen LogP contribution in [-0.4, -0.2) is 37.6 Å². The lowest BCUT2D eigenvalue weighted by atomic mass is 9.85. The quantitative estimate of drug-likeness (QED) is 0.285. The van der Waals surface area contributed by atoms with Crippen LogP contribution in [0.25, 0.3) is 0 Å². The summed E-state index contributed by atoms with van der Waals surface area (Å²) in [7, 11) is 0. The fourth-order valence-corrected chi connectivity index (χ4v) is 4.10. The Morgan fingerprint density at radius 2 is 1.48 bits per heavy atom. The average Bonchev–Trinajstić information content (AvgIpc) is 3.07. The summed E-state index contributed by atoms with van der Waals surface area (Å²) in [6.07, 6.45) is 4.33. The number of hydrogen-bond acceptors (Lipinski definition) is 7. The fourth-order valence-electron chi connectivity index (χ4n) is 4.10. The summed E-state index contributed by atoms with van der Waals surface area (Å²) in [4.78, 5) is 60.9. The van der Waals surface area contributed by atoms with Crippen molar-refractivity contribution in [3.63, 3.8) is 0 Å². The second kappa shape index (κ2) is 8.61. The number of allylic oxidation sites excluding steroid dienone is 2. The van der Waals surface area contributed by atoms with Gasteiger partial charge in [-0.3, -0.25) is 34.6 Å². The van der Waals surface area contributed by atoms with Gasteiger partial charge in [-0.1, -0.05) is 36.4 Å². The fraction of sp³-hybridized carbons (Fsp3) is 0.227. The molecule has 0 radical (unpaired) electrons. The molecule has 0 bridgehead atoms. The number of benzene rings is 2. The topological polar surface area (TPSA) is 144 Å². The molecule has 0 unspecified atom stereocenters. The Morgan fingerprint density at radius 1 is 0.909 bits per heavy atom. The minimum Gasteiger partial charge on any atom is -0.272 e. The second-order valence-electron chi connectivity index (χ2n) is 7.70. The zero-order chi connectivity index (χ0) is 23.7. The molecular weight excluding hydrogens is 432 g/mol. The number of hydrazine groups is 1. The zero-order valence-corrected chi connectivity index (χ0v) is 17.2. The lowest BCUT2D eigenvalue weighted by molar-refractivity contribution is -0.385. The Bertz CT molecular complexity index is 1170. The number of para-hydroxylation sites is 1. The first kappa shape index (κ1) is 21.8. The minimum atomic E-state index is -0.894. The van der Waals surface area contributed by atoms with Crippen LogP contribution in [0.2, 0.25) is 0 Å². The Morgan fingerprint density at radius 3 is 2.03 bits per heavy atom. The van der Waals surface area contributed by atoms with Gasteiger partial charge in [0.05, 0.1) is 28.2 Å². The highest BCUT2D eigenvalue weighted by Crippen LogP contribution is 2.37. The van der Waals surface area contributed by atoms with Crippen LogP contribution in [0.15, 0.2) is 60.7 Å². The molecule has 1 heterocycles. The van der Waals surface area contributed by atoms with Crippen LogP contribution in [0.4, 0.5) is 11.4 Å². The number of nitro benzene ring substituents is 2. The van der Waals surface area contributed by atoms with Crippen LogP contribution in [0.5, 0.6) is 0 Å². The van der Waals surface area contributed by atoms with Gasteiger partial charge < -0.3 is 0 Å². The van der Waals surface area contributed by atoms with Gasteiger partial charge in [-0.25, -0.2) is 5.01 Å². The maximum atomic E-state index is 13.5. The third kappa shape index (κ3) is 3.95. The molecule has 2 aliphatic rings. The van der Waals surface area contributed by atoms with Crippen LogP contribution in [0.3, 0.4) is 0 Å². The second-order valence-corrected chi connectivity index (χ2v) is 7.70. The van der Waals surface area contributed by atoms with E-state index >= 15 is 0 Å².